The molecule has 0 bridgehead atoms. The molecule has 0 spiro atoms. The van der Waals surface area contributed by atoms with Crippen molar-refractivity contribution in [1.29, 1.82) is 0 Å². The molecule has 5 aromatic carbocycles. The van der Waals surface area contributed by atoms with Gasteiger partial charge >= 0.3 is 0 Å². The van der Waals surface area contributed by atoms with E-state index in [2.05, 4.69) is 94.5 Å². The number of thiophene rings is 1. The van der Waals surface area contributed by atoms with E-state index in [0.29, 0.717) is 5.95 Å². The molecule has 0 atom stereocenters. The molecule has 9 aromatic rings. The van der Waals surface area contributed by atoms with Crippen molar-refractivity contribution in [3.63, 3.8) is 0 Å². The van der Waals surface area contributed by atoms with E-state index in [1.165, 1.54) is 41.7 Å². The Bertz CT molecular complexity index is 2440. The van der Waals surface area contributed by atoms with E-state index in [-0.39, 0.29) is 0 Å². The molecule has 0 aliphatic carbocycles. The fourth-order valence-electron chi connectivity index (χ4n) is 6.20. The van der Waals surface area contributed by atoms with Gasteiger partial charge in [0.25, 0.3) is 0 Å². The minimum Gasteiger partial charge on any atom is -0.277 e. The predicted molar refractivity (Wildman–Crippen MR) is 168 cm³/mol. The average Bonchev–Trinajstić information content (AvgIpc) is 3.58. The lowest BCUT2D eigenvalue weighted by Crippen LogP contribution is -2.04. The molecular formula is C35H20N4S. The highest BCUT2D eigenvalue weighted by Crippen LogP contribution is 2.47. The van der Waals surface area contributed by atoms with Gasteiger partial charge in [-0.15, -0.1) is 11.3 Å². The Morgan fingerprint density at radius 2 is 1.30 bits per heavy atom. The van der Waals surface area contributed by atoms with Crippen LogP contribution in [-0.2, 0) is 0 Å². The lowest BCUT2D eigenvalue weighted by atomic mass is 10.00. The molecule has 4 nitrogen and oxygen atoms in total. The van der Waals surface area contributed by atoms with Crippen LogP contribution in [0.1, 0.15) is 0 Å². The Labute approximate surface area is 232 Å². The maximum absolute atomic E-state index is 5.28. The van der Waals surface area contributed by atoms with Crippen molar-refractivity contribution in [2.45, 2.75) is 0 Å². The number of para-hydroxylation sites is 1. The first-order chi connectivity index (χ1) is 19.9. The van der Waals surface area contributed by atoms with Gasteiger partial charge in [0.05, 0.1) is 22.2 Å². The molecule has 0 aliphatic heterocycles. The van der Waals surface area contributed by atoms with Gasteiger partial charge < -0.3 is 0 Å². The molecular weight excluding hydrogens is 508 g/mol. The van der Waals surface area contributed by atoms with E-state index < -0.39 is 0 Å². The number of aromatic nitrogens is 4. The van der Waals surface area contributed by atoms with Gasteiger partial charge in [-0.2, -0.15) is 0 Å². The van der Waals surface area contributed by atoms with Gasteiger partial charge in [0.1, 0.15) is 0 Å². The van der Waals surface area contributed by atoms with Crippen LogP contribution in [0.25, 0.3) is 80.9 Å². The molecule has 0 saturated carbocycles. The first kappa shape index (κ1) is 21.8. The highest BCUT2D eigenvalue weighted by atomic mass is 32.1. The number of fused-ring (bicyclic) bond motifs is 11. The largest absolute Gasteiger partial charge is 0.277 e. The van der Waals surface area contributed by atoms with Gasteiger partial charge in [-0.05, 0) is 23.6 Å². The quantitative estimate of drug-likeness (QED) is 0.225. The first-order valence-electron chi connectivity index (χ1n) is 13.3. The lowest BCUT2D eigenvalue weighted by Gasteiger charge is -2.12. The average molecular weight is 529 g/mol. The summed E-state index contributed by atoms with van der Waals surface area (Å²) in [5, 5.41) is 8.42. The maximum Gasteiger partial charge on any atom is 0.235 e. The monoisotopic (exact) mass is 528 g/mol. The summed E-state index contributed by atoms with van der Waals surface area (Å²) in [6.07, 6.45) is 3.67. The van der Waals surface area contributed by atoms with Gasteiger partial charge in [0, 0.05) is 59.7 Å². The van der Waals surface area contributed by atoms with Crippen LogP contribution in [0, 0.1) is 0 Å². The SMILES string of the molecule is c1ccc(-c2nc(-n3c4ccccc4c4c5ccccc5c5sc6ccccc6c5c43)nc3ccncc23)cc1. The van der Waals surface area contributed by atoms with Crippen molar-refractivity contribution < 1.29 is 0 Å². The van der Waals surface area contributed by atoms with Crippen molar-refractivity contribution in [3.8, 4) is 17.2 Å². The standard InChI is InChI=1S/C35H20N4S/c1-2-10-21(11-3-1)32-26-20-36-19-18-27(26)37-35(38-32)39-28-16-8-6-14-24(28)30-22-12-4-5-13-23(22)34-31(33(30)39)25-15-7-9-17-29(25)40-34/h1-20H. The van der Waals surface area contributed by atoms with Crippen LogP contribution in [0.2, 0.25) is 0 Å². The molecule has 186 valence electrons. The van der Waals surface area contributed by atoms with E-state index >= 15 is 0 Å². The normalized spacial score (nSPS) is 12.0. The van der Waals surface area contributed by atoms with Crippen LogP contribution >= 0.6 is 11.3 Å². The zero-order valence-electron chi connectivity index (χ0n) is 21.2. The summed E-state index contributed by atoms with van der Waals surface area (Å²) >= 11 is 1.86. The van der Waals surface area contributed by atoms with E-state index in [0.717, 1.165) is 33.2 Å². The van der Waals surface area contributed by atoms with Crippen LogP contribution in [0.5, 0.6) is 0 Å². The van der Waals surface area contributed by atoms with Gasteiger partial charge in [-0.1, -0.05) is 91.0 Å². The Kier molecular flexibility index (Phi) is 4.45. The summed E-state index contributed by atoms with van der Waals surface area (Å²) < 4.78 is 4.86. The van der Waals surface area contributed by atoms with E-state index in [1.54, 1.807) is 6.20 Å². The second kappa shape index (κ2) is 8.18. The van der Waals surface area contributed by atoms with Gasteiger partial charge in [0.15, 0.2) is 0 Å². The summed E-state index contributed by atoms with van der Waals surface area (Å²) in [5.74, 6) is 0.663. The van der Waals surface area contributed by atoms with Crippen LogP contribution in [0.3, 0.4) is 0 Å². The molecule has 0 fully saturated rings. The van der Waals surface area contributed by atoms with Gasteiger partial charge in [-0.25, -0.2) is 9.97 Å². The molecule has 9 rings (SSSR count). The fraction of sp³-hybridized carbons (Fsp3) is 0. The Hall–Kier alpha value is -5.13. The minimum absolute atomic E-state index is 0.663. The molecule has 0 amide bonds. The van der Waals surface area contributed by atoms with E-state index in [9.17, 15) is 0 Å². The summed E-state index contributed by atoms with van der Waals surface area (Å²) in [6.45, 7) is 0. The summed E-state index contributed by atoms with van der Waals surface area (Å²) in [5.41, 5.74) is 5.04. The maximum atomic E-state index is 5.28. The Morgan fingerprint density at radius 1 is 0.575 bits per heavy atom. The molecule has 0 unspecified atom stereocenters. The van der Waals surface area contributed by atoms with Crippen molar-refractivity contribution in [3.05, 3.63) is 122 Å². The number of benzene rings is 5. The molecule has 4 aromatic heterocycles. The molecule has 0 saturated heterocycles. The zero-order chi connectivity index (χ0) is 26.2. The van der Waals surface area contributed by atoms with E-state index in [1.807, 2.05) is 41.8 Å². The number of hydrogen-bond donors (Lipinski definition) is 0. The molecule has 40 heavy (non-hydrogen) atoms. The van der Waals surface area contributed by atoms with Crippen molar-refractivity contribution in [2.75, 3.05) is 0 Å². The van der Waals surface area contributed by atoms with Crippen molar-refractivity contribution in [2.24, 2.45) is 0 Å². The highest BCUT2D eigenvalue weighted by Gasteiger charge is 2.23. The number of nitrogens with zero attached hydrogens (tertiary/aromatic N) is 4. The number of pyridine rings is 1. The second-order valence-corrected chi connectivity index (χ2v) is 11.1. The third-order valence-corrected chi connectivity index (χ3v) is 9.08. The van der Waals surface area contributed by atoms with E-state index in [4.69, 9.17) is 9.97 Å². The van der Waals surface area contributed by atoms with Crippen molar-refractivity contribution in [1.82, 2.24) is 19.5 Å². The smallest absolute Gasteiger partial charge is 0.235 e. The van der Waals surface area contributed by atoms with Crippen LogP contribution in [0.15, 0.2) is 122 Å². The Morgan fingerprint density at radius 3 is 2.17 bits per heavy atom. The fourth-order valence-corrected chi connectivity index (χ4v) is 7.45. The number of hydrogen-bond acceptors (Lipinski definition) is 4. The van der Waals surface area contributed by atoms with Crippen LogP contribution in [-0.4, -0.2) is 19.5 Å². The summed E-state index contributed by atoms with van der Waals surface area (Å²) in [6, 6.07) is 38.5. The van der Waals surface area contributed by atoms with Gasteiger partial charge in [0.2, 0.25) is 5.95 Å². The molecule has 0 radical (unpaired) electrons. The Balaban J connectivity index is 1.55. The predicted octanol–water partition coefficient (Wildman–Crippen LogP) is 9.31. The van der Waals surface area contributed by atoms with Crippen LogP contribution < -0.4 is 0 Å². The molecule has 5 heteroatoms. The van der Waals surface area contributed by atoms with Crippen LogP contribution in [0.4, 0.5) is 0 Å². The zero-order valence-corrected chi connectivity index (χ0v) is 22.1. The molecule has 0 aliphatic rings. The number of rotatable bonds is 2. The third-order valence-electron chi connectivity index (χ3n) is 7.88. The molecule has 4 heterocycles. The topological polar surface area (TPSA) is 43.6 Å². The third kappa shape index (κ3) is 2.92. The lowest BCUT2D eigenvalue weighted by molar-refractivity contribution is 1.02. The van der Waals surface area contributed by atoms with Gasteiger partial charge in [-0.3, -0.25) is 9.55 Å². The van der Waals surface area contributed by atoms with Crippen molar-refractivity contribution >= 4 is 75.0 Å². The minimum atomic E-state index is 0.663. The first-order valence-corrected chi connectivity index (χ1v) is 14.1. The second-order valence-electron chi connectivity index (χ2n) is 10.1. The summed E-state index contributed by atoms with van der Waals surface area (Å²) in [4.78, 5) is 14.9. The summed E-state index contributed by atoms with van der Waals surface area (Å²) in [7, 11) is 0. The highest BCUT2D eigenvalue weighted by molar-refractivity contribution is 7.27. The molecule has 0 N–H and O–H groups in total.